The molecule has 2 N–H and O–H groups in total. The molecule has 32 heavy (non-hydrogen) atoms. The zero-order chi connectivity index (χ0) is 23.1. The molecule has 9 heteroatoms. The average molecular weight is 470 g/mol. The first-order valence-corrected chi connectivity index (χ1v) is 10.1. The Labute approximate surface area is 194 Å². The lowest BCUT2D eigenvalue weighted by Crippen LogP contribution is -2.32. The van der Waals surface area contributed by atoms with Crippen molar-refractivity contribution in [2.75, 3.05) is 5.32 Å². The highest BCUT2D eigenvalue weighted by molar-refractivity contribution is 6.40. The number of nitrogens with one attached hydrogen (secondary N) is 2. The maximum Gasteiger partial charge on any atom is 0.343 e. The van der Waals surface area contributed by atoms with Crippen molar-refractivity contribution in [1.29, 1.82) is 0 Å². The molecule has 3 aromatic rings. The molecule has 0 fully saturated rings. The van der Waals surface area contributed by atoms with Gasteiger partial charge in [-0.05, 0) is 72.6 Å². The van der Waals surface area contributed by atoms with E-state index in [1.165, 1.54) is 12.3 Å². The van der Waals surface area contributed by atoms with Crippen molar-refractivity contribution < 1.29 is 19.1 Å². The average Bonchev–Trinajstić information content (AvgIpc) is 2.78. The number of esters is 1. The third kappa shape index (κ3) is 6.16. The molecule has 0 heterocycles. The maximum atomic E-state index is 12.1. The van der Waals surface area contributed by atoms with Gasteiger partial charge >= 0.3 is 17.8 Å². The Kier molecular flexibility index (Phi) is 7.59. The number of hydrogen-bond acceptors (Lipinski definition) is 5. The van der Waals surface area contributed by atoms with E-state index in [-0.39, 0.29) is 0 Å². The van der Waals surface area contributed by atoms with E-state index in [1.54, 1.807) is 67.6 Å². The molecule has 3 aromatic carbocycles. The first kappa shape index (κ1) is 23.0. The number of ether oxygens (including phenoxy) is 1. The normalized spacial score (nSPS) is 10.6. The van der Waals surface area contributed by atoms with Gasteiger partial charge in [-0.1, -0.05) is 35.3 Å². The summed E-state index contributed by atoms with van der Waals surface area (Å²) >= 11 is 11.9. The number of benzene rings is 3. The molecule has 3 rings (SSSR count). The van der Waals surface area contributed by atoms with Crippen LogP contribution in [-0.2, 0) is 9.59 Å². The molecule has 7 nitrogen and oxygen atoms in total. The van der Waals surface area contributed by atoms with Crippen LogP contribution in [0.2, 0.25) is 10.0 Å². The van der Waals surface area contributed by atoms with E-state index in [9.17, 15) is 14.4 Å². The molecule has 0 spiro atoms. The third-order valence-corrected chi connectivity index (χ3v) is 4.90. The summed E-state index contributed by atoms with van der Waals surface area (Å²) in [5, 5.41) is 7.14. The summed E-state index contributed by atoms with van der Waals surface area (Å²) < 4.78 is 5.29. The highest BCUT2D eigenvalue weighted by atomic mass is 35.5. The van der Waals surface area contributed by atoms with Gasteiger partial charge in [0.15, 0.2) is 0 Å². The fourth-order valence-corrected chi connectivity index (χ4v) is 2.91. The minimum Gasteiger partial charge on any atom is -0.423 e. The smallest absolute Gasteiger partial charge is 0.343 e. The summed E-state index contributed by atoms with van der Waals surface area (Å²) in [4.78, 5) is 36.1. The van der Waals surface area contributed by atoms with Crippen LogP contribution < -0.4 is 15.5 Å². The Morgan fingerprint density at radius 3 is 2.38 bits per heavy atom. The van der Waals surface area contributed by atoms with Crippen molar-refractivity contribution in [1.82, 2.24) is 5.43 Å². The lowest BCUT2D eigenvalue weighted by atomic mass is 10.2. The summed E-state index contributed by atoms with van der Waals surface area (Å²) in [6, 6.07) is 17.8. The Balaban J connectivity index is 1.53. The van der Waals surface area contributed by atoms with E-state index in [0.29, 0.717) is 38.2 Å². The molecule has 162 valence electrons. The van der Waals surface area contributed by atoms with E-state index in [0.717, 1.165) is 0 Å². The lowest BCUT2D eigenvalue weighted by Gasteiger charge is -2.08. The lowest BCUT2D eigenvalue weighted by molar-refractivity contribution is -0.136. The molecular weight excluding hydrogens is 453 g/mol. The number of carbonyl (C=O) groups excluding carboxylic acids is 3. The quantitative estimate of drug-likeness (QED) is 0.187. The topological polar surface area (TPSA) is 96.9 Å². The van der Waals surface area contributed by atoms with Gasteiger partial charge in [-0.2, -0.15) is 5.10 Å². The highest BCUT2D eigenvalue weighted by Gasteiger charge is 2.14. The van der Waals surface area contributed by atoms with Crippen molar-refractivity contribution in [2.24, 2.45) is 5.10 Å². The van der Waals surface area contributed by atoms with Gasteiger partial charge in [0.05, 0.1) is 11.8 Å². The van der Waals surface area contributed by atoms with Crippen molar-refractivity contribution in [2.45, 2.75) is 6.92 Å². The standard InChI is InChI=1S/C23H17Cl2N3O4/c1-14-19(25)6-3-7-20(14)27-21(29)22(30)28-26-13-15-8-10-18(11-9-15)32-23(31)16-4-2-5-17(24)12-16/h2-13H,1H3,(H,27,29)(H,28,30)/b26-13-. The number of hydrazone groups is 1. The number of nitrogens with zero attached hydrogens (tertiary/aromatic N) is 1. The largest absolute Gasteiger partial charge is 0.423 e. The summed E-state index contributed by atoms with van der Waals surface area (Å²) in [7, 11) is 0. The van der Waals surface area contributed by atoms with E-state index < -0.39 is 17.8 Å². The molecule has 2 amide bonds. The fourth-order valence-electron chi connectivity index (χ4n) is 2.54. The second kappa shape index (κ2) is 10.6. The monoisotopic (exact) mass is 469 g/mol. The maximum absolute atomic E-state index is 12.1. The Hall–Kier alpha value is -3.68. The van der Waals surface area contributed by atoms with Gasteiger partial charge < -0.3 is 10.1 Å². The highest BCUT2D eigenvalue weighted by Crippen LogP contribution is 2.22. The number of halogens is 2. The first-order chi connectivity index (χ1) is 15.3. The molecule has 0 aliphatic rings. The Morgan fingerprint density at radius 2 is 1.66 bits per heavy atom. The predicted octanol–water partition coefficient (Wildman–Crippen LogP) is 4.61. The SMILES string of the molecule is Cc1c(Cl)cccc1NC(=O)C(=O)N/N=C\c1ccc(OC(=O)c2cccc(Cl)c2)cc1. The molecule has 0 atom stereocenters. The van der Waals surface area contributed by atoms with Crippen LogP contribution in [0, 0.1) is 6.92 Å². The molecule has 0 saturated carbocycles. The molecule has 0 bridgehead atoms. The van der Waals surface area contributed by atoms with Crippen LogP contribution in [0.4, 0.5) is 5.69 Å². The molecular formula is C23H17Cl2N3O4. The van der Waals surface area contributed by atoms with Crippen LogP contribution in [0.3, 0.4) is 0 Å². The van der Waals surface area contributed by atoms with Crippen LogP contribution in [-0.4, -0.2) is 24.0 Å². The molecule has 0 aliphatic heterocycles. The number of amides is 2. The van der Waals surface area contributed by atoms with Gasteiger partial charge in [0, 0.05) is 15.7 Å². The molecule has 0 radical (unpaired) electrons. The van der Waals surface area contributed by atoms with Crippen LogP contribution in [0.25, 0.3) is 0 Å². The van der Waals surface area contributed by atoms with Crippen molar-refractivity contribution in [3.05, 3.63) is 93.5 Å². The van der Waals surface area contributed by atoms with Crippen molar-refractivity contribution in [3.8, 4) is 5.75 Å². The first-order valence-electron chi connectivity index (χ1n) is 9.31. The van der Waals surface area contributed by atoms with Gasteiger partial charge in [-0.15, -0.1) is 0 Å². The predicted molar refractivity (Wildman–Crippen MR) is 123 cm³/mol. The zero-order valence-corrected chi connectivity index (χ0v) is 18.3. The Bertz CT molecular complexity index is 1190. The van der Waals surface area contributed by atoms with E-state index >= 15 is 0 Å². The van der Waals surface area contributed by atoms with E-state index in [4.69, 9.17) is 27.9 Å². The van der Waals surface area contributed by atoms with Gasteiger partial charge in [0.1, 0.15) is 5.75 Å². The van der Waals surface area contributed by atoms with Crippen LogP contribution in [0.15, 0.2) is 71.8 Å². The second-order valence-electron chi connectivity index (χ2n) is 6.53. The summed E-state index contributed by atoms with van der Waals surface area (Å²) in [5.41, 5.74) is 4.17. The number of anilines is 1. The minimum atomic E-state index is -0.937. The number of carbonyl (C=O) groups is 3. The van der Waals surface area contributed by atoms with Gasteiger partial charge in [-0.3, -0.25) is 9.59 Å². The van der Waals surface area contributed by atoms with Crippen molar-refractivity contribution in [3.63, 3.8) is 0 Å². The van der Waals surface area contributed by atoms with E-state index in [1.807, 2.05) is 0 Å². The van der Waals surface area contributed by atoms with Gasteiger partial charge in [0.25, 0.3) is 0 Å². The van der Waals surface area contributed by atoms with Gasteiger partial charge in [-0.25, -0.2) is 10.2 Å². The summed E-state index contributed by atoms with van der Waals surface area (Å²) in [6.07, 6.45) is 1.35. The summed E-state index contributed by atoms with van der Waals surface area (Å²) in [6.45, 7) is 1.73. The third-order valence-electron chi connectivity index (χ3n) is 4.25. The Morgan fingerprint density at radius 1 is 0.938 bits per heavy atom. The molecule has 0 aromatic heterocycles. The van der Waals surface area contributed by atoms with E-state index in [2.05, 4.69) is 15.8 Å². The fraction of sp³-hybridized carbons (Fsp3) is 0.0435. The molecule has 0 unspecified atom stereocenters. The number of hydrogen-bond donors (Lipinski definition) is 2. The van der Waals surface area contributed by atoms with Crippen LogP contribution in [0.1, 0.15) is 21.5 Å². The van der Waals surface area contributed by atoms with Crippen LogP contribution in [0.5, 0.6) is 5.75 Å². The zero-order valence-electron chi connectivity index (χ0n) is 16.8. The van der Waals surface area contributed by atoms with Gasteiger partial charge in [0.2, 0.25) is 0 Å². The molecule has 0 aliphatic carbocycles. The summed E-state index contributed by atoms with van der Waals surface area (Å²) in [5.74, 6) is -2.03. The second-order valence-corrected chi connectivity index (χ2v) is 7.38. The van der Waals surface area contributed by atoms with Crippen molar-refractivity contribution >= 4 is 52.9 Å². The van der Waals surface area contributed by atoms with Crippen LogP contribution >= 0.6 is 23.2 Å². The molecule has 0 saturated heterocycles. The minimum absolute atomic E-state index is 0.326. The number of rotatable bonds is 5.